The quantitative estimate of drug-likeness (QED) is 0.785. The molecule has 0 aliphatic carbocycles. The normalized spacial score (nSPS) is 10.6. The Bertz CT molecular complexity index is 719. The van der Waals surface area contributed by atoms with Gasteiger partial charge in [0.05, 0.1) is 18.3 Å². The third-order valence-electron chi connectivity index (χ3n) is 2.98. The molecule has 0 radical (unpaired) electrons. The molecule has 0 heterocycles. The van der Waals surface area contributed by atoms with Crippen molar-refractivity contribution in [3.63, 3.8) is 0 Å². The van der Waals surface area contributed by atoms with Crippen LogP contribution in [0.4, 0.5) is 24.5 Å². The lowest BCUT2D eigenvalue weighted by Crippen LogP contribution is -2.22. The summed E-state index contributed by atoms with van der Waals surface area (Å²) in [7, 11) is 0. The van der Waals surface area contributed by atoms with Crippen LogP contribution in [0.3, 0.4) is 0 Å². The summed E-state index contributed by atoms with van der Waals surface area (Å²) in [5.74, 6) is -4.02. The molecule has 0 saturated carbocycles. The lowest BCUT2D eigenvalue weighted by atomic mass is 10.2. The van der Waals surface area contributed by atoms with Gasteiger partial charge in [0.15, 0.2) is 17.5 Å². The molecule has 0 fully saturated rings. The highest BCUT2D eigenvalue weighted by Crippen LogP contribution is 2.20. The Kier molecular flexibility index (Phi) is 5.68. The molecule has 7 heteroatoms. The standard InChI is InChI=1S/C17H17F3N2O2/c1-10(2)24-12-5-3-11(4-6-12)22-15(23)9-21-14-8-7-13(18)16(19)17(14)20/h3-8,10,21H,9H2,1-2H3,(H,22,23). The fourth-order valence-corrected chi connectivity index (χ4v) is 1.93. The highest BCUT2D eigenvalue weighted by atomic mass is 19.2. The van der Waals surface area contributed by atoms with Crippen LogP contribution in [-0.2, 0) is 4.79 Å². The molecule has 2 aromatic carbocycles. The Hall–Kier alpha value is -2.70. The minimum Gasteiger partial charge on any atom is -0.491 e. The number of benzene rings is 2. The van der Waals surface area contributed by atoms with Crippen molar-refractivity contribution in [1.29, 1.82) is 0 Å². The predicted molar refractivity (Wildman–Crippen MR) is 85.6 cm³/mol. The van der Waals surface area contributed by atoms with Gasteiger partial charge in [-0.1, -0.05) is 0 Å². The zero-order valence-electron chi connectivity index (χ0n) is 13.2. The summed E-state index contributed by atoms with van der Waals surface area (Å²) in [5.41, 5.74) is 0.244. The molecule has 0 aliphatic rings. The molecule has 1 amide bonds. The average molecular weight is 338 g/mol. The molecule has 0 saturated heterocycles. The minimum atomic E-state index is -1.58. The first kappa shape index (κ1) is 17.7. The van der Waals surface area contributed by atoms with Gasteiger partial charge in [0, 0.05) is 5.69 Å². The summed E-state index contributed by atoms with van der Waals surface area (Å²) in [6, 6.07) is 8.54. The minimum absolute atomic E-state index is 0.0423. The van der Waals surface area contributed by atoms with Gasteiger partial charge in [-0.3, -0.25) is 4.79 Å². The van der Waals surface area contributed by atoms with Gasteiger partial charge in [-0.25, -0.2) is 13.2 Å². The first-order chi connectivity index (χ1) is 11.4. The second-order valence-electron chi connectivity index (χ2n) is 5.32. The van der Waals surface area contributed by atoms with Crippen LogP contribution >= 0.6 is 0 Å². The fraction of sp³-hybridized carbons (Fsp3) is 0.235. The Morgan fingerprint density at radius 2 is 1.71 bits per heavy atom. The first-order valence-corrected chi connectivity index (χ1v) is 7.30. The summed E-state index contributed by atoms with van der Waals surface area (Å²) < 4.78 is 44.9. The molecule has 128 valence electrons. The smallest absolute Gasteiger partial charge is 0.243 e. The second-order valence-corrected chi connectivity index (χ2v) is 5.32. The van der Waals surface area contributed by atoms with Crippen LogP contribution in [0.1, 0.15) is 13.8 Å². The van der Waals surface area contributed by atoms with Crippen molar-refractivity contribution in [2.24, 2.45) is 0 Å². The van der Waals surface area contributed by atoms with Gasteiger partial charge in [0.25, 0.3) is 0 Å². The van der Waals surface area contributed by atoms with Crippen molar-refractivity contribution in [2.45, 2.75) is 20.0 Å². The SMILES string of the molecule is CC(C)Oc1ccc(NC(=O)CNc2ccc(F)c(F)c2F)cc1. The molecule has 24 heavy (non-hydrogen) atoms. The van der Waals surface area contributed by atoms with E-state index in [0.717, 1.165) is 12.1 Å². The van der Waals surface area contributed by atoms with E-state index in [0.29, 0.717) is 11.4 Å². The van der Waals surface area contributed by atoms with E-state index in [2.05, 4.69) is 10.6 Å². The average Bonchev–Trinajstić information content (AvgIpc) is 2.53. The summed E-state index contributed by atoms with van der Waals surface area (Å²) in [6.45, 7) is 3.50. The first-order valence-electron chi connectivity index (χ1n) is 7.30. The number of hydrogen-bond donors (Lipinski definition) is 2. The molecule has 2 aromatic rings. The molecular formula is C17H17F3N2O2. The maximum Gasteiger partial charge on any atom is 0.243 e. The molecule has 0 aromatic heterocycles. The lowest BCUT2D eigenvalue weighted by molar-refractivity contribution is -0.114. The van der Waals surface area contributed by atoms with E-state index in [9.17, 15) is 18.0 Å². The number of hydrogen-bond acceptors (Lipinski definition) is 3. The molecule has 0 aliphatic heterocycles. The maximum atomic E-state index is 13.5. The van der Waals surface area contributed by atoms with Gasteiger partial charge in [0.2, 0.25) is 5.91 Å². The molecule has 2 rings (SSSR count). The zero-order valence-corrected chi connectivity index (χ0v) is 13.2. The Morgan fingerprint density at radius 3 is 2.33 bits per heavy atom. The number of nitrogens with one attached hydrogen (secondary N) is 2. The van der Waals surface area contributed by atoms with Crippen molar-refractivity contribution in [2.75, 3.05) is 17.2 Å². The topological polar surface area (TPSA) is 50.4 Å². The molecule has 0 atom stereocenters. The summed E-state index contributed by atoms with van der Waals surface area (Å²) in [4.78, 5) is 11.8. The zero-order chi connectivity index (χ0) is 17.7. The number of rotatable bonds is 6. The molecule has 2 N–H and O–H groups in total. The van der Waals surface area contributed by atoms with Crippen LogP contribution in [0.15, 0.2) is 36.4 Å². The largest absolute Gasteiger partial charge is 0.491 e. The molecule has 0 unspecified atom stereocenters. The third-order valence-corrected chi connectivity index (χ3v) is 2.98. The van der Waals surface area contributed by atoms with Crippen molar-refractivity contribution in [3.8, 4) is 5.75 Å². The van der Waals surface area contributed by atoms with Crippen LogP contribution in [-0.4, -0.2) is 18.6 Å². The van der Waals surface area contributed by atoms with E-state index in [4.69, 9.17) is 4.74 Å². The third kappa shape index (κ3) is 4.65. The highest BCUT2D eigenvalue weighted by Gasteiger charge is 2.13. The number of amides is 1. The van der Waals surface area contributed by atoms with Crippen LogP contribution < -0.4 is 15.4 Å². The number of carbonyl (C=O) groups excluding carboxylic acids is 1. The summed E-state index contributed by atoms with van der Waals surface area (Å²) >= 11 is 0. The molecule has 0 bridgehead atoms. The Balaban J connectivity index is 1.91. The number of halogens is 3. The lowest BCUT2D eigenvalue weighted by Gasteiger charge is -2.11. The number of carbonyl (C=O) groups is 1. The van der Waals surface area contributed by atoms with E-state index in [1.807, 2.05) is 13.8 Å². The number of anilines is 2. The molecule has 0 spiro atoms. The Morgan fingerprint density at radius 1 is 1.04 bits per heavy atom. The van der Waals surface area contributed by atoms with Crippen molar-refractivity contribution in [3.05, 3.63) is 53.8 Å². The van der Waals surface area contributed by atoms with E-state index in [-0.39, 0.29) is 18.3 Å². The van der Waals surface area contributed by atoms with Gasteiger partial charge in [-0.05, 0) is 50.2 Å². The van der Waals surface area contributed by atoms with Crippen LogP contribution in [0.5, 0.6) is 5.75 Å². The van der Waals surface area contributed by atoms with Crippen molar-refractivity contribution >= 4 is 17.3 Å². The van der Waals surface area contributed by atoms with Gasteiger partial charge in [0.1, 0.15) is 5.75 Å². The van der Waals surface area contributed by atoms with E-state index in [1.165, 1.54) is 0 Å². The maximum absolute atomic E-state index is 13.5. The predicted octanol–water partition coefficient (Wildman–Crippen LogP) is 3.94. The molecule has 4 nitrogen and oxygen atoms in total. The summed E-state index contributed by atoms with van der Waals surface area (Å²) in [5, 5.41) is 5.01. The van der Waals surface area contributed by atoms with Gasteiger partial charge in [-0.15, -0.1) is 0 Å². The Labute approximate surface area is 137 Å². The van der Waals surface area contributed by atoms with Gasteiger partial charge < -0.3 is 15.4 Å². The van der Waals surface area contributed by atoms with E-state index in [1.54, 1.807) is 24.3 Å². The molecular weight excluding hydrogens is 321 g/mol. The monoisotopic (exact) mass is 338 g/mol. The van der Waals surface area contributed by atoms with Crippen LogP contribution in [0, 0.1) is 17.5 Å². The van der Waals surface area contributed by atoms with Crippen LogP contribution in [0.2, 0.25) is 0 Å². The van der Waals surface area contributed by atoms with E-state index >= 15 is 0 Å². The number of ether oxygens (including phenoxy) is 1. The van der Waals surface area contributed by atoms with Gasteiger partial charge in [-0.2, -0.15) is 0 Å². The van der Waals surface area contributed by atoms with E-state index < -0.39 is 23.4 Å². The highest BCUT2D eigenvalue weighted by molar-refractivity contribution is 5.93. The van der Waals surface area contributed by atoms with Crippen molar-refractivity contribution < 1.29 is 22.7 Å². The van der Waals surface area contributed by atoms with Crippen molar-refractivity contribution in [1.82, 2.24) is 0 Å². The second kappa shape index (κ2) is 7.72. The summed E-state index contributed by atoms with van der Waals surface area (Å²) in [6.07, 6.45) is 0.0423. The van der Waals surface area contributed by atoms with Gasteiger partial charge >= 0.3 is 0 Å². The fourth-order valence-electron chi connectivity index (χ4n) is 1.93. The van der Waals surface area contributed by atoms with Crippen LogP contribution in [0.25, 0.3) is 0 Å².